The third kappa shape index (κ3) is 5.78. The topological polar surface area (TPSA) is 69.6 Å². The number of thiophene rings is 2. The van der Waals surface area contributed by atoms with Crippen LogP contribution in [0.25, 0.3) is 0 Å². The van der Waals surface area contributed by atoms with Gasteiger partial charge in [0.2, 0.25) is 11.8 Å². The highest BCUT2D eigenvalue weighted by molar-refractivity contribution is 7.10. The molecule has 0 spiro atoms. The highest BCUT2D eigenvalue weighted by atomic mass is 32.1. The van der Waals surface area contributed by atoms with Gasteiger partial charge in [0.05, 0.1) is 13.0 Å². The molecule has 7 heteroatoms. The number of benzene rings is 1. The molecule has 168 valence electrons. The maximum atomic E-state index is 13.6. The van der Waals surface area contributed by atoms with Crippen LogP contribution in [0.1, 0.15) is 53.5 Å². The van der Waals surface area contributed by atoms with Gasteiger partial charge in [0, 0.05) is 15.8 Å². The summed E-state index contributed by atoms with van der Waals surface area (Å²) in [7, 11) is 0. The van der Waals surface area contributed by atoms with Gasteiger partial charge in [-0.3, -0.25) is 9.59 Å². The Morgan fingerprint density at radius 1 is 0.969 bits per heavy atom. The Kier molecular flexibility index (Phi) is 7.60. The second-order valence-corrected chi connectivity index (χ2v) is 10.3. The average Bonchev–Trinajstić information content (AvgIpc) is 3.49. The molecule has 1 saturated carbocycles. The van der Waals surface area contributed by atoms with Crippen LogP contribution >= 0.6 is 22.7 Å². The number of carbonyl (C=O) groups is 2. The molecule has 1 aromatic carbocycles. The molecule has 1 aliphatic carbocycles. The van der Waals surface area contributed by atoms with E-state index >= 15 is 0 Å². The first-order chi connectivity index (χ1) is 15.6. The van der Waals surface area contributed by atoms with Crippen LogP contribution in [-0.4, -0.2) is 27.9 Å². The van der Waals surface area contributed by atoms with Gasteiger partial charge in [-0.25, -0.2) is 0 Å². The fourth-order valence-corrected chi connectivity index (χ4v) is 5.61. The molecule has 0 saturated heterocycles. The lowest BCUT2D eigenvalue weighted by molar-refractivity contribution is -0.141. The minimum Gasteiger partial charge on any atom is -0.508 e. The Balaban J connectivity index is 1.66. The van der Waals surface area contributed by atoms with Crippen molar-refractivity contribution in [3.05, 3.63) is 74.6 Å². The molecule has 0 radical (unpaired) electrons. The van der Waals surface area contributed by atoms with Gasteiger partial charge in [0.15, 0.2) is 0 Å². The SMILES string of the molecule is O=C(NC1CCCCC1)[C@@H](c1ccc(O)cc1)N(Cc1cccs1)C(=O)Cc1cccs1. The van der Waals surface area contributed by atoms with E-state index < -0.39 is 6.04 Å². The fraction of sp³-hybridized carbons (Fsp3) is 0.360. The molecule has 1 atom stereocenters. The van der Waals surface area contributed by atoms with Gasteiger partial charge in [-0.2, -0.15) is 0 Å². The van der Waals surface area contributed by atoms with Gasteiger partial charge < -0.3 is 15.3 Å². The normalized spacial score (nSPS) is 15.2. The number of phenols is 1. The third-order valence-corrected chi connectivity index (χ3v) is 7.59. The molecule has 0 aliphatic heterocycles. The lowest BCUT2D eigenvalue weighted by Crippen LogP contribution is -2.47. The van der Waals surface area contributed by atoms with Crippen molar-refractivity contribution < 1.29 is 14.7 Å². The maximum absolute atomic E-state index is 13.6. The van der Waals surface area contributed by atoms with E-state index in [1.807, 2.05) is 35.0 Å². The maximum Gasteiger partial charge on any atom is 0.247 e. The summed E-state index contributed by atoms with van der Waals surface area (Å²) in [5, 5.41) is 16.9. The second kappa shape index (κ2) is 10.8. The Bertz CT molecular complexity index is 995. The van der Waals surface area contributed by atoms with Crippen molar-refractivity contribution in [1.82, 2.24) is 10.2 Å². The molecular formula is C25H28N2O3S2. The summed E-state index contributed by atoms with van der Waals surface area (Å²) in [5.74, 6) is -0.105. The lowest BCUT2D eigenvalue weighted by Gasteiger charge is -2.33. The smallest absolute Gasteiger partial charge is 0.247 e. The molecule has 4 rings (SSSR count). The Morgan fingerprint density at radius 3 is 2.25 bits per heavy atom. The van der Waals surface area contributed by atoms with Crippen LogP contribution in [0.2, 0.25) is 0 Å². The van der Waals surface area contributed by atoms with Crippen LogP contribution in [0.4, 0.5) is 0 Å². The lowest BCUT2D eigenvalue weighted by atomic mass is 9.94. The fourth-order valence-electron chi connectivity index (χ4n) is 4.21. The highest BCUT2D eigenvalue weighted by Gasteiger charge is 2.33. The van der Waals surface area contributed by atoms with E-state index in [9.17, 15) is 14.7 Å². The average molecular weight is 469 g/mol. The molecule has 3 aromatic rings. The van der Waals surface area contributed by atoms with Crippen molar-refractivity contribution >= 4 is 34.5 Å². The van der Waals surface area contributed by atoms with Crippen LogP contribution in [-0.2, 0) is 22.6 Å². The van der Waals surface area contributed by atoms with Crippen LogP contribution in [0.5, 0.6) is 5.75 Å². The molecule has 2 N–H and O–H groups in total. The number of hydrogen-bond donors (Lipinski definition) is 2. The minimum absolute atomic E-state index is 0.0854. The van der Waals surface area contributed by atoms with Gasteiger partial charge in [-0.05, 0) is 53.4 Å². The van der Waals surface area contributed by atoms with E-state index in [0.29, 0.717) is 12.1 Å². The summed E-state index contributed by atoms with van der Waals surface area (Å²) in [6.45, 7) is 0.367. The van der Waals surface area contributed by atoms with Gasteiger partial charge in [0.1, 0.15) is 11.8 Å². The summed E-state index contributed by atoms with van der Waals surface area (Å²) in [6.07, 6.45) is 5.65. The number of phenolic OH excluding ortho intramolecular Hbond substituents is 1. The second-order valence-electron chi connectivity index (χ2n) is 8.19. The molecule has 0 unspecified atom stereocenters. The van der Waals surface area contributed by atoms with E-state index in [2.05, 4.69) is 5.32 Å². The first-order valence-electron chi connectivity index (χ1n) is 11.0. The number of hydrogen-bond acceptors (Lipinski definition) is 5. The molecule has 2 amide bonds. The molecule has 5 nitrogen and oxygen atoms in total. The molecule has 0 bridgehead atoms. The summed E-state index contributed by atoms with van der Waals surface area (Å²) in [6, 6.07) is 13.8. The number of nitrogens with one attached hydrogen (secondary N) is 1. The predicted octanol–water partition coefficient (Wildman–Crippen LogP) is 5.28. The van der Waals surface area contributed by atoms with Gasteiger partial charge in [-0.1, -0.05) is 43.5 Å². The van der Waals surface area contributed by atoms with Crippen LogP contribution in [0.15, 0.2) is 59.3 Å². The van der Waals surface area contributed by atoms with Crippen LogP contribution < -0.4 is 5.32 Å². The van der Waals surface area contributed by atoms with Gasteiger partial charge in [0.25, 0.3) is 0 Å². The molecule has 2 heterocycles. The first kappa shape index (κ1) is 22.6. The van der Waals surface area contributed by atoms with Crippen molar-refractivity contribution in [2.45, 2.75) is 57.2 Å². The minimum atomic E-state index is -0.757. The number of amides is 2. The van der Waals surface area contributed by atoms with Crippen molar-refractivity contribution in [3.8, 4) is 5.75 Å². The predicted molar refractivity (Wildman–Crippen MR) is 129 cm³/mol. The van der Waals surface area contributed by atoms with E-state index in [1.165, 1.54) is 6.42 Å². The van der Waals surface area contributed by atoms with Crippen molar-refractivity contribution in [3.63, 3.8) is 0 Å². The van der Waals surface area contributed by atoms with Crippen LogP contribution in [0.3, 0.4) is 0 Å². The highest BCUT2D eigenvalue weighted by Crippen LogP contribution is 2.29. The standard InChI is InChI=1S/C25H28N2O3S2/c28-20-12-10-18(11-13-20)24(25(30)26-19-6-2-1-3-7-19)27(17-22-9-5-15-32-22)23(29)16-21-8-4-14-31-21/h4-5,8-15,19,24,28H,1-3,6-7,16-17H2,(H,26,30)/t24-/m1/s1. The summed E-state index contributed by atoms with van der Waals surface area (Å²) < 4.78 is 0. The van der Waals surface area contributed by atoms with Crippen molar-refractivity contribution in [2.75, 3.05) is 0 Å². The van der Waals surface area contributed by atoms with E-state index in [1.54, 1.807) is 51.8 Å². The van der Waals surface area contributed by atoms with Crippen molar-refractivity contribution in [2.24, 2.45) is 0 Å². The first-order valence-corrected chi connectivity index (χ1v) is 12.8. The number of aromatic hydroxyl groups is 1. The number of rotatable bonds is 8. The summed E-state index contributed by atoms with van der Waals surface area (Å²) in [5.41, 5.74) is 0.701. The number of nitrogens with zero attached hydrogens (tertiary/aromatic N) is 1. The van der Waals surface area contributed by atoms with E-state index in [0.717, 1.165) is 35.4 Å². The molecule has 1 fully saturated rings. The van der Waals surface area contributed by atoms with Crippen molar-refractivity contribution in [1.29, 1.82) is 0 Å². The molecular weight excluding hydrogens is 440 g/mol. The van der Waals surface area contributed by atoms with E-state index in [-0.39, 0.29) is 30.0 Å². The molecule has 2 aromatic heterocycles. The monoisotopic (exact) mass is 468 g/mol. The summed E-state index contributed by atoms with van der Waals surface area (Å²) in [4.78, 5) is 30.8. The summed E-state index contributed by atoms with van der Waals surface area (Å²) >= 11 is 3.12. The Morgan fingerprint density at radius 2 is 1.62 bits per heavy atom. The zero-order valence-corrected chi connectivity index (χ0v) is 19.5. The van der Waals surface area contributed by atoms with Crippen LogP contribution in [0, 0.1) is 0 Å². The van der Waals surface area contributed by atoms with E-state index in [4.69, 9.17) is 0 Å². The van der Waals surface area contributed by atoms with Gasteiger partial charge >= 0.3 is 0 Å². The number of carbonyl (C=O) groups excluding carboxylic acids is 2. The van der Waals surface area contributed by atoms with Gasteiger partial charge in [-0.15, -0.1) is 22.7 Å². The molecule has 1 aliphatic rings. The Labute approximate surface area is 196 Å². The zero-order valence-electron chi connectivity index (χ0n) is 17.9. The quantitative estimate of drug-likeness (QED) is 0.473. The third-order valence-electron chi connectivity index (χ3n) is 5.85. The Hall–Kier alpha value is -2.64. The molecule has 32 heavy (non-hydrogen) atoms. The largest absolute Gasteiger partial charge is 0.508 e. The zero-order chi connectivity index (χ0) is 22.3.